The van der Waals surface area contributed by atoms with Crippen molar-refractivity contribution in [2.75, 3.05) is 6.61 Å². The van der Waals surface area contributed by atoms with Gasteiger partial charge in [-0.25, -0.2) is 9.67 Å². The summed E-state index contributed by atoms with van der Waals surface area (Å²) in [6, 6.07) is 0. The van der Waals surface area contributed by atoms with Gasteiger partial charge < -0.3 is 4.74 Å². The Hall–Kier alpha value is -0.900. The molecule has 0 aliphatic heterocycles. The zero-order valence-electron chi connectivity index (χ0n) is 9.72. The lowest BCUT2D eigenvalue weighted by molar-refractivity contribution is -0.0147. The molecule has 0 bridgehead atoms. The van der Waals surface area contributed by atoms with Gasteiger partial charge in [0.05, 0.1) is 0 Å². The van der Waals surface area contributed by atoms with Gasteiger partial charge in [-0.2, -0.15) is 5.10 Å². The van der Waals surface area contributed by atoms with Crippen LogP contribution in [0.5, 0.6) is 0 Å². The van der Waals surface area contributed by atoms with Crippen LogP contribution < -0.4 is 0 Å². The molecule has 1 atom stereocenters. The van der Waals surface area contributed by atoms with Crippen molar-refractivity contribution in [2.45, 2.75) is 52.2 Å². The maximum Gasteiger partial charge on any atom is 0.151 e. The molecule has 0 aliphatic carbocycles. The molecule has 0 aliphatic rings. The molecular weight excluding hydrogens is 190 g/mol. The summed E-state index contributed by atoms with van der Waals surface area (Å²) in [5.74, 6) is 0. The molecular formula is C11H21N3O. The molecule has 0 fully saturated rings. The van der Waals surface area contributed by atoms with Gasteiger partial charge in [0.2, 0.25) is 0 Å². The van der Waals surface area contributed by atoms with Gasteiger partial charge in [0.25, 0.3) is 0 Å². The number of ether oxygens (including phenoxy) is 1. The minimum Gasteiger partial charge on any atom is -0.356 e. The molecule has 0 amide bonds. The van der Waals surface area contributed by atoms with Crippen molar-refractivity contribution in [3.05, 3.63) is 12.7 Å². The average Bonchev–Trinajstić information content (AvgIpc) is 2.76. The van der Waals surface area contributed by atoms with Gasteiger partial charge in [-0.15, -0.1) is 0 Å². The lowest BCUT2D eigenvalue weighted by Gasteiger charge is -2.17. The first-order valence-corrected chi connectivity index (χ1v) is 5.84. The van der Waals surface area contributed by atoms with Crippen LogP contribution in [0.3, 0.4) is 0 Å². The highest BCUT2D eigenvalue weighted by Crippen LogP contribution is 2.15. The van der Waals surface area contributed by atoms with Crippen LogP contribution in [-0.2, 0) is 4.74 Å². The van der Waals surface area contributed by atoms with E-state index in [-0.39, 0.29) is 6.23 Å². The monoisotopic (exact) mass is 211 g/mol. The lowest BCUT2D eigenvalue weighted by atomic mass is 10.2. The molecule has 1 aromatic rings. The highest BCUT2D eigenvalue weighted by atomic mass is 16.5. The Morgan fingerprint density at radius 1 is 1.27 bits per heavy atom. The number of hydrogen-bond acceptors (Lipinski definition) is 3. The molecule has 15 heavy (non-hydrogen) atoms. The highest BCUT2D eigenvalue weighted by molar-refractivity contribution is 4.62. The minimum atomic E-state index is 0.0685. The fourth-order valence-electron chi connectivity index (χ4n) is 1.40. The SMILES string of the molecule is CCCCOC(CCCC)n1cncn1. The van der Waals surface area contributed by atoms with Crippen LogP contribution in [0.2, 0.25) is 0 Å². The van der Waals surface area contributed by atoms with Crippen molar-refractivity contribution in [2.24, 2.45) is 0 Å². The Balaban J connectivity index is 2.39. The molecule has 1 heterocycles. The van der Waals surface area contributed by atoms with Crippen LogP contribution >= 0.6 is 0 Å². The van der Waals surface area contributed by atoms with E-state index in [1.807, 2.05) is 4.68 Å². The Kier molecular flexibility index (Phi) is 6.00. The summed E-state index contributed by atoms with van der Waals surface area (Å²) in [6.07, 6.45) is 8.99. The van der Waals surface area contributed by atoms with E-state index < -0.39 is 0 Å². The van der Waals surface area contributed by atoms with Gasteiger partial charge in [-0.05, 0) is 19.3 Å². The number of hydrogen-bond donors (Lipinski definition) is 0. The molecule has 0 saturated carbocycles. The average molecular weight is 211 g/mol. The van der Waals surface area contributed by atoms with Crippen LogP contribution in [0.1, 0.15) is 52.2 Å². The standard InChI is InChI=1S/C11H21N3O/c1-3-5-7-11(15-8-6-4-2)14-10-12-9-13-14/h9-11H,3-8H2,1-2H3. The van der Waals surface area contributed by atoms with Crippen LogP contribution in [-0.4, -0.2) is 21.4 Å². The molecule has 4 heteroatoms. The second-order valence-electron chi connectivity index (χ2n) is 3.70. The Labute approximate surface area is 91.7 Å². The third kappa shape index (κ3) is 4.42. The Morgan fingerprint density at radius 3 is 2.67 bits per heavy atom. The van der Waals surface area contributed by atoms with Gasteiger partial charge in [0, 0.05) is 6.61 Å². The van der Waals surface area contributed by atoms with E-state index in [2.05, 4.69) is 23.9 Å². The second kappa shape index (κ2) is 7.40. The molecule has 0 aromatic carbocycles. The Bertz CT molecular complexity index is 236. The maximum atomic E-state index is 5.79. The molecule has 4 nitrogen and oxygen atoms in total. The summed E-state index contributed by atoms with van der Waals surface area (Å²) in [5, 5.41) is 4.13. The first-order chi connectivity index (χ1) is 7.38. The Morgan fingerprint density at radius 2 is 2.07 bits per heavy atom. The van der Waals surface area contributed by atoms with Crippen molar-refractivity contribution < 1.29 is 4.74 Å². The predicted octanol–water partition coefficient (Wildman–Crippen LogP) is 2.78. The van der Waals surface area contributed by atoms with Crippen molar-refractivity contribution >= 4 is 0 Å². The third-order valence-corrected chi connectivity index (χ3v) is 2.34. The molecule has 0 spiro atoms. The van der Waals surface area contributed by atoms with Crippen molar-refractivity contribution in [1.29, 1.82) is 0 Å². The first-order valence-electron chi connectivity index (χ1n) is 5.84. The number of aromatic nitrogens is 3. The summed E-state index contributed by atoms with van der Waals surface area (Å²) in [7, 11) is 0. The topological polar surface area (TPSA) is 39.9 Å². The zero-order chi connectivity index (χ0) is 10.9. The minimum absolute atomic E-state index is 0.0685. The summed E-state index contributed by atoms with van der Waals surface area (Å²) >= 11 is 0. The molecule has 1 rings (SSSR count). The van der Waals surface area contributed by atoms with Gasteiger partial charge in [0.1, 0.15) is 12.7 Å². The molecule has 0 N–H and O–H groups in total. The van der Waals surface area contributed by atoms with Crippen molar-refractivity contribution in [3.63, 3.8) is 0 Å². The number of unbranched alkanes of at least 4 members (excludes halogenated alkanes) is 2. The zero-order valence-corrected chi connectivity index (χ0v) is 9.72. The normalized spacial score (nSPS) is 12.9. The van der Waals surface area contributed by atoms with E-state index in [1.54, 1.807) is 12.7 Å². The van der Waals surface area contributed by atoms with Gasteiger partial charge in [-0.1, -0.05) is 26.7 Å². The molecule has 86 valence electrons. The fourth-order valence-corrected chi connectivity index (χ4v) is 1.40. The highest BCUT2D eigenvalue weighted by Gasteiger charge is 2.10. The number of nitrogens with zero attached hydrogens (tertiary/aromatic N) is 3. The van der Waals surface area contributed by atoms with E-state index in [0.29, 0.717) is 0 Å². The smallest absolute Gasteiger partial charge is 0.151 e. The first kappa shape index (κ1) is 12.2. The van der Waals surface area contributed by atoms with Crippen LogP contribution in [0.4, 0.5) is 0 Å². The fraction of sp³-hybridized carbons (Fsp3) is 0.818. The van der Waals surface area contributed by atoms with E-state index in [1.165, 1.54) is 6.42 Å². The van der Waals surface area contributed by atoms with Crippen LogP contribution in [0, 0.1) is 0 Å². The second-order valence-corrected chi connectivity index (χ2v) is 3.70. The van der Waals surface area contributed by atoms with Crippen molar-refractivity contribution in [3.8, 4) is 0 Å². The van der Waals surface area contributed by atoms with E-state index in [9.17, 15) is 0 Å². The lowest BCUT2D eigenvalue weighted by Crippen LogP contribution is -2.14. The largest absolute Gasteiger partial charge is 0.356 e. The van der Waals surface area contributed by atoms with Crippen LogP contribution in [0.15, 0.2) is 12.7 Å². The van der Waals surface area contributed by atoms with Gasteiger partial charge in [-0.3, -0.25) is 0 Å². The van der Waals surface area contributed by atoms with Crippen molar-refractivity contribution in [1.82, 2.24) is 14.8 Å². The van der Waals surface area contributed by atoms with E-state index >= 15 is 0 Å². The summed E-state index contributed by atoms with van der Waals surface area (Å²) < 4.78 is 7.60. The molecule has 1 aromatic heterocycles. The molecule has 0 saturated heterocycles. The summed E-state index contributed by atoms with van der Waals surface area (Å²) in [6.45, 7) is 5.16. The third-order valence-electron chi connectivity index (χ3n) is 2.34. The van der Waals surface area contributed by atoms with Crippen LogP contribution in [0.25, 0.3) is 0 Å². The maximum absolute atomic E-state index is 5.79. The summed E-state index contributed by atoms with van der Waals surface area (Å²) in [4.78, 5) is 3.95. The number of rotatable bonds is 8. The summed E-state index contributed by atoms with van der Waals surface area (Å²) in [5.41, 5.74) is 0. The van der Waals surface area contributed by atoms with Gasteiger partial charge >= 0.3 is 0 Å². The predicted molar refractivity (Wildman–Crippen MR) is 59.4 cm³/mol. The molecule has 1 unspecified atom stereocenters. The van der Waals surface area contributed by atoms with E-state index in [0.717, 1.165) is 32.3 Å². The molecule has 0 radical (unpaired) electrons. The quantitative estimate of drug-likeness (QED) is 0.621. The van der Waals surface area contributed by atoms with E-state index in [4.69, 9.17) is 4.74 Å². The van der Waals surface area contributed by atoms with Gasteiger partial charge in [0.15, 0.2) is 6.23 Å².